The molecule has 0 spiro atoms. The first-order valence-electron chi connectivity index (χ1n) is 5.46. The van der Waals surface area contributed by atoms with Crippen molar-refractivity contribution in [1.82, 2.24) is 9.78 Å². The van der Waals surface area contributed by atoms with Crippen LogP contribution in [0.1, 0.15) is 21.6 Å². The average Bonchev–Trinajstić information content (AvgIpc) is 2.62. The van der Waals surface area contributed by atoms with Crippen LogP contribution in [0.4, 0.5) is 4.39 Å². The molecule has 0 aliphatic heterocycles. The molecule has 94 valence electrons. The summed E-state index contributed by atoms with van der Waals surface area (Å²) in [6.07, 6.45) is 1.59. The molecule has 5 heteroatoms. The van der Waals surface area contributed by atoms with Gasteiger partial charge in [-0.15, -0.1) is 0 Å². The van der Waals surface area contributed by atoms with Crippen molar-refractivity contribution in [3.05, 3.63) is 47.0 Å². The van der Waals surface area contributed by atoms with E-state index in [1.807, 2.05) is 0 Å². The van der Waals surface area contributed by atoms with Crippen molar-refractivity contribution in [2.24, 2.45) is 7.05 Å². The van der Waals surface area contributed by atoms with Crippen LogP contribution in [0.2, 0.25) is 0 Å². The quantitative estimate of drug-likeness (QED) is 0.605. The summed E-state index contributed by atoms with van der Waals surface area (Å²) in [6, 6.07) is 4.01. The normalized spacial score (nSPS) is 10.4. The number of hydrogen-bond acceptors (Lipinski definition) is 3. The molecule has 0 N–H and O–H groups in total. The minimum absolute atomic E-state index is 0.352. The Morgan fingerprint density at radius 2 is 2.11 bits per heavy atom. The van der Waals surface area contributed by atoms with Crippen molar-refractivity contribution in [2.75, 3.05) is 0 Å². The molecule has 0 saturated heterocycles. The van der Waals surface area contributed by atoms with Gasteiger partial charge in [-0.2, -0.15) is 5.10 Å². The number of rotatable bonds is 2. The monoisotopic (exact) mass is 248 g/mol. The lowest BCUT2D eigenvalue weighted by Crippen LogP contribution is -2.09. The van der Waals surface area contributed by atoms with Crippen LogP contribution in [0.5, 0.6) is 5.75 Å². The van der Waals surface area contributed by atoms with Crippen LogP contribution in [0.15, 0.2) is 24.4 Å². The average molecular weight is 248 g/mol. The van der Waals surface area contributed by atoms with E-state index in [1.54, 1.807) is 31.8 Å². The summed E-state index contributed by atoms with van der Waals surface area (Å²) in [5, 5.41) is 4.07. The Balaban J connectivity index is 2.24. The first-order valence-corrected chi connectivity index (χ1v) is 5.46. The van der Waals surface area contributed by atoms with Crippen LogP contribution in [0.25, 0.3) is 0 Å². The van der Waals surface area contributed by atoms with Crippen LogP contribution in [-0.4, -0.2) is 15.7 Å². The summed E-state index contributed by atoms with van der Waals surface area (Å²) in [6.45, 7) is 3.41. The van der Waals surface area contributed by atoms with Gasteiger partial charge >= 0.3 is 5.97 Å². The summed E-state index contributed by atoms with van der Waals surface area (Å²) in [5.74, 6) is -0.496. The fourth-order valence-electron chi connectivity index (χ4n) is 1.68. The van der Waals surface area contributed by atoms with Gasteiger partial charge in [0, 0.05) is 13.2 Å². The van der Waals surface area contributed by atoms with Gasteiger partial charge in [0.15, 0.2) is 0 Å². The van der Waals surface area contributed by atoms with Crippen LogP contribution in [0.3, 0.4) is 0 Å². The van der Waals surface area contributed by atoms with Crippen molar-refractivity contribution in [3.63, 3.8) is 0 Å². The molecule has 0 saturated carbocycles. The minimum atomic E-state index is -0.490. The molecular formula is C13H13FN2O2. The molecule has 0 aliphatic carbocycles. The van der Waals surface area contributed by atoms with Gasteiger partial charge in [-0.1, -0.05) is 0 Å². The Morgan fingerprint density at radius 3 is 2.67 bits per heavy atom. The maximum absolute atomic E-state index is 12.9. The van der Waals surface area contributed by atoms with Crippen LogP contribution in [-0.2, 0) is 7.05 Å². The van der Waals surface area contributed by atoms with E-state index in [1.165, 1.54) is 18.2 Å². The number of aromatic nitrogens is 2. The maximum Gasteiger partial charge on any atom is 0.347 e. The van der Waals surface area contributed by atoms with Crippen molar-refractivity contribution >= 4 is 5.97 Å². The number of esters is 1. The zero-order valence-electron chi connectivity index (χ0n) is 10.4. The van der Waals surface area contributed by atoms with Gasteiger partial charge in [-0.05, 0) is 37.6 Å². The molecule has 4 nitrogen and oxygen atoms in total. The van der Waals surface area contributed by atoms with E-state index in [0.717, 1.165) is 0 Å². The first-order chi connectivity index (χ1) is 8.47. The maximum atomic E-state index is 12.9. The van der Waals surface area contributed by atoms with E-state index in [2.05, 4.69) is 5.10 Å². The molecule has 0 radical (unpaired) electrons. The summed E-state index contributed by atoms with van der Waals surface area (Å²) >= 11 is 0. The second-order valence-electron chi connectivity index (χ2n) is 4.10. The van der Waals surface area contributed by atoms with Gasteiger partial charge in [-0.25, -0.2) is 9.18 Å². The summed E-state index contributed by atoms with van der Waals surface area (Å²) in [5.41, 5.74) is 1.58. The minimum Gasteiger partial charge on any atom is -0.423 e. The van der Waals surface area contributed by atoms with Crippen molar-refractivity contribution in [1.29, 1.82) is 0 Å². The van der Waals surface area contributed by atoms with Gasteiger partial charge in [0.05, 0.1) is 5.69 Å². The highest BCUT2D eigenvalue weighted by Crippen LogP contribution is 2.20. The number of nitrogens with zero attached hydrogens (tertiary/aromatic N) is 2. The zero-order chi connectivity index (χ0) is 13.3. The fourth-order valence-corrected chi connectivity index (χ4v) is 1.68. The summed E-state index contributed by atoms with van der Waals surface area (Å²) in [4.78, 5) is 11.9. The number of benzene rings is 1. The lowest BCUT2D eigenvalue weighted by atomic mass is 10.2. The lowest BCUT2D eigenvalue weighted by molar-refractivity contribution is 0.0732. The smallest absolute Gasteiger partial charge is 0.347 e. The molecule has 0 unspecified atom stereocenters. The predicted octanol–water partition coefficient (Wildman–Crippen LogP) is 2.40. The second kappa shape index (κ2) is 4.60. The largest absolute Gasteiger partial charge is 0.423 e. The Hall–Kier alpha value is -2.17. The lowest BCUT2D eigenvalue weighted by Gasteiger charge is -2.06. The zero-order valence-corrected chi connectivity index (χ0v) is 10.4. The number of carbonyl (C=O) groups excluding carboxylic acids is 1. The Morgan fingerprint density at radius 1 is 1.39 bits per heavy atom. The van der Waals surface area contributed by atoms with Crippen LogP contribution < -0.4 is 4.74 Å². The molecule has 0 fully saturated rings. The van der Waals surface area contributed by atoms with Crippen molar-refractivity contribution in [3.8, 4) is 5.75 Å². The van der Waals surface area contributed by atoms with Crippen molar-refractivity contribution < 1.29 is 13.9 Å². The Bertz CT molecular complexity index is 605. The second-order valence-corrected chi connectivity index (χ2v) is 4.10. The molecule has 0 amide bonds. The van der Waals surface area contributed by atoms with E-state index in [0.29, 0.717) is 22.6 Å². The summed E-state index contributed by atoms with van der Waals surface area (Å²) < 4.78 is 19.7. The molecule has 2 aromatic rings. The van der Waals surface area contributed by atoms with Gasteiger partial charge in [0.25, 0.3) is 0 Å². The third-order valence-corrected chi connectivity index (χ3v) is 2.57. The molecular weight excluding hydrogens is 235 g/mol. The van der Waals surface area contributed by atoms with E-state index >= 15 is 0 Å². The number of halogens is 1. The third-order valence-electron chi connectivity index (χ3n) is 2.57. The summed E-state index contributed by atoms with van der Waals surface area (Å²) in [7, 11) is 1.73. The number of carbonyl (C=O) groups is 1. The third kappa shape index (κ3) is 2.40. The van der Waals surface area contributed by atoms with E-state index in [9.17, 15) is 9.18 Å². The van der Waals surface area contributed by atoms with Crippen LogP contribution in [0, 0.1) is 19.7 Å². The SMILES string of the molecule is Cc1cc(F)ccc1OC(=O)c1cn(C)nc1C. The van der Waals surface area contributed by atoms with Crippen molar-refractivity contribution in [2.45, 2.75) is 13.8 Å². The number of hydrogen-bond donors (Lipinski definition) is 0. The molecule has 18 heavy (non-hydrogen) atoms. The molecule has 0 bridgehead atoms. The Labute approximate surface area is 104 Å². The van der Waals surface area contributed by atoms with Crippen LogP contribution >= 0.6 is 0 Å². The number of aryl methyl sites for hydroxylation is 3. The standard InChI is InChI=1S/C13H13FN2O2/c1-8-6-10(14)4-5-12(8)18-13(17)11-7-16(3)15-9(11)2/h4-7H,1-3H3. The van der Waals surface area contributed by atoms with E-state index < -0.39 is 5.97 Å². The fraction of sp³-hybridized carbons (Fsp3) is 0.231. The number of ether oxygens (including phenoxy) is 1. The topological polar surface area (TPSA) is 44.1 Å². The van der Waals surface area contributed by atoms with E-state index in [4.69, 9.17) is 4.74 Å². The Kier molecular flexibility index (Phi) is 3.14. The highest BCUT2D eigenvalue weighted by molar-refractivity contribution is 5.92. The predicted molar refractivity (Wildman–Crippen MR) is 64.0 cm³/mol. The molecule has 0 aliphatic rings. The molecule has 1 heterocycles. The van der Waals surface area contributed by atoms with Gasteiger partial charge < -0.3 is 4.74 Å². The highest BCUT2D eigenvalue weighted by atomic mass is 19.1. The highest BCUT2D eigenvalue weighted by Gasteiger charge is 2.15. The molecule has 2 rings (SSSR count). The molecule has 1 aromatic carbocycles. The van der Waals surface area contributed by atoms with Gasteiger partial charge in [0.2, 0.25) is 0 Å². The van der Waals surface area contributed by atoms with E-state index in [-0.39, 0.29) is 5.82 Å². The van der Waals surface area contributed by atoms with Gasteiger partial charge in [0.1, 0.15) is 17.1 Å². The first kappa shape index (κ1) is 12.3. The molecule has 1 aromatic heterocycles. The molecule has 0 atom stereocenters. The van der Waals surface area contributed by atoms with Gasteiger partial charge in [-0.3, -0.25) is 4.68 Å².